The summed E-state index contributed by atoms with van der Waals surface area (Å²) in [6, 6.07) is 9.75. The average Bonchev–Trinajstić information content (AvgIpc) is 2.61. The van der Waals surface area contributed by atoms with Gasteiger partial charge in [0.2, 0.25) is 5.91 Å². The van der Waals surface area contributed by atoms with Gasteiger partial charge in [-0.3, -0.25) is 9.59 Å². The van der Waals surface area contributed by atoms with E-state index in [1.165, 1.54) is 4.90 Å². The molecule has 0 aliphatic carbocycles. The van der Waals surface area contributed by atoms with Crippen LogP contribution < -0.4 is 5.56 Å². The lowest BCUT2D eigenvalue weighted by atomic mass is 9.93. The molecule has 1 fully saturated rings. The molecule has 1 aliphatic rings. The number of amides is 1. The van der Waals surface area contributed by atoms with Crippen molar-refractivity contribution in [3.63, 3.8) is 0 Å². The summed E-state index contributed by atoms with van der Waals surface area (Å²) < 4.78 is 0. The van der Waals surface area contributed by atoms with Crippen LogP contribution in [0.5, 0.6) is 0 Å². The van der Waals surface area contributed by atoms with E-state index in [1.54, 1.807) is 24.8 Å². The van der Waals surface area contributed by atoms with E-state index in [-0.39, 0.29) is 17.4 Å². The zero-order valence-corrected chi connectivity index (χ0v) is 15.4. The standard InChI is InChI=1S/C19H23N3O2S/c1-13-20-17(12-18(23)21-13)15-7-9-22(10-8-15)19(24)11-14-3-5-16(25-2)6-4-14/h3-6,12,15H,7-11H2,1-2H3,(H,20,21,23). The number of hydrogen-bond donors (Lipinski definition) is 1. The molecule has 25 heavy (non-hydrogen) atoms. The van der Waals surface area contributed by atoms with E-state index in [1.807, 2.05) is 23.3 Å². The lowest BCUT2D eigenvalue weighted by molar-refractivity contribution is -0.131. The molecule has 1 aliphatic heterocycles. The average molecular weight is 357 g/mol. The zero-order valence-electron chi connectivity index (χ0n) is 14.6. The number of thioether (sulfide) groups is 1. The molecule has 1 aromatic carbocycles. The number of aromatic amines is 1. The molecule has 1 N–H and O–H groups in total. The topological polar surface area (TPSA) is 66.1 Å². The number of nitrogens with zero attached hydrogens (tertiary/aromatic N) is 2. The summed E-state index contributed by atoms with van der Waals surface area (Å²) in [7, 11) is 0. The van der Waals surface area contributed by atoms with Gasteiger partial charge in [0.15, 0.2) is 0 Å². The van der Waals surface area contributed by atoms with Gasteiger partial charge in [0.05, 0.1) is 12.1 Å². The number of rotatable bonds is 4. The van der Waals surface area contributed by atoms with Crippen molar-refractivity contribution in [2.45, 2.75) is 37.0 Å². The number of nitrogens with one attached hydrogen (secondary N) is 1. The van der Waals surface area contributed by atoms with Gasteiger partial charge in [0, 0.05) is 30.0 Å². The minimum Gasteiger partial charge on any atom is -0.342 e. The number of likely N-dealkylation sites (tertiary alicyclic amines) is 1. The maximum absolute atomic E-state index is 12.5. The van der Waals surface area contributed by atoms with Gasteiger partial charge in [0.25, 0.3) is 5.56 Å². The Morgan fingerprint density at radius 3 is 2.56 bits per heavy atom. The zero-order chi connectivity index (χ0) is 17.8. The normalized spacial score (nSPS) is 15.4. The van der Waals surface area contributed by atoms with Crippen molar-refractivity contribution in [3.8, 4) is 0 Å². The number of aryl methyl sites for hydroxylation is 1. The monoisotopic (exact) mass is 357 g/mol. The van der Waals surface area contributed by atoms with Crippen molar-refractivity contribution in [2.24, 2.45) is 0 Å². The maximum Gasteiger partial charge on any atom is 0.251 e. The molecule has 5 nitrogen and oxygen atoms in total. The molecular weight excluding hydrogens is 334 g/mol. The van der Waals surface area contributed by atoms with Crippen LogP contribution in [0.1, 0.15) is 35.8 Å². The third-order valence-electron chi connectivity index (χ3n) is 4.66. The van der Waals surface area contributed by atoms with E-state index in [9.17, 15) is 9.59 Å². The van der Waals surface area contributed by atoms with Crippen LogP contribution in [0.15, 0.2) is 40.0 Å². The number of piperidine rings is 1. The Hall–Kier alpha value is -2.08. The molecule has 6 heteroatoms. The van der Waals surface area contributed by atoms with Gasteiger partial charge in [0.1, 0.15) is 5.82 Å². The predicted octanol–water partition coefficient (Wildman–Crippen LogP) is 2.75. The Morgan fingerprint density at radius 2 is 1.96 bits per heavy atom. The van der Waals surface area contributed by atoms with Gasteiger partial charge in [-0.15, -0.1) is 11.8 Å². The van der Waals surface area contributed by atoms with Crippen molar-refractivity contribution in [2.75, 3.05) is 19.3 Å². The molecule has 0 radical (unpaired) electrons. The quantitative estimate of drug-likeness (QED) is 0.855. The van der Waals surface area contributed by atoms with Crippen LogP contribution in [0.25, 0.3) is 0 Å². The number of hydrogen-bond acceptors (Lipinski definition) is 4. The molecule has 1 amide bonds. The van der Waals surface area contributed by atoms with Crippen LogP contribution >= 0.6 is 11.8 Å². The molecule has 132 valence electrons. The summed E-state index contributed by atoms with van der Waals surface area (Å²) in [6.45, 7) is 3.24. The van der Waals surface area contributed by atoms with Crippen LogP contribution in [0.4, 0.5) is 0 Å². The molecule has 1 aromatic heterocycles. The van der Waals surface area contributed by atoms with E-state index in [4.69, 9.17) is 0 Å². The van der Waals surface area contributed by atoms with Gasteiger partial charge >= 0.3 is 0 Å². The number of carbonyl (C=O) groups is 1. The second-order valence-electron chi connectivity index (χ2n) is 6.44. The second kappa shape index (κ2) is 7.87. The molecule has 3 rings (SSSR count). The lowest BCUT2D eigenvalue weighted by Gasteiger charge is -2.32. The summed E-state index contributed by atoms with van der Waals surface area (Å²) in [5.41, 5.74) is 1.80. The molecule has 0 saturated carbocycles. The number of H-pyrrole nitrogens is 1. The first-order valence-electron chi connectivity index (χ1n) is 8.53. The highest BCUT2D eigenvalue weighted by molar-refractivity contribution is 7.98. The summed E-state index contributed by atoms with van der Waals surface area (Å²) in [6.07, 6.45) is 4.20. The highest BCUT2D eigenvalue weighted by Crippen LogP contribution is 2.26. The van der Waals surface area contributed by atoms with E-state index >= 15 is 0 Å². The Balaban J connectivity index is 1.57. The molecular formula is C19H23N3O2S. The summed E-state index contributed by atoms with van der Waals surface area (Å²) in [4.78, 5) is 34.4. The predicted molar refractivity (Wildman–Crippen MR) is 100 cm³/mol. The fourth-order valence-corrected chi connectivity index (χ4v) is 3.67. The van der Waals surface area contributed by atoms with Gasteiger partial charge in [-0.1, -0.05) is 12.1 Å². The second-order valence-corrected chi connectivity index (χ2v) is 7.32. The highest BCUT2D eigenvalue weighted by atomic mass is 32.2. The highest BCUT2D eigenvalue weighted by Gasteiger charge is 2.25. The lowest BCUT2D eigenvalue weighted by Crippen LogP contribution is -2.39. The molecule has 2 heterocycles. The maximum atomic E-state index is 12.5. The van der Waals surface area contributed by atoms with Crippen molar-refractivity contribution in [1.29, 1.82) is 0 Å². The van der Waals surface area contributed by atoms with E-state index in [2.05, 4.69) is 22.1 Å². The molecule has 2 aromatic rings. The van der Waals surface area contributed by atoms with Crippen molar-refractivity contribution >= 4 is 17.7 Å². The van der Waals surface area contributed by atoms with Crippen molar-refractivity contribution in [1.82, 2.24) is 14.9 Å². The molecule has 0 bridgehead atoms. The van der Waals surface area contributed by atoms with Gasteiger partial charge in [-0.2, -0.15) is 0 Å². The van der Waals surface area contributed by atoms with Gasteiger partial charge in [-0.25, -0.2) is 4.98 Å². The van der Waals surface area contributed by atoms with Crippen LogP contribution in [-0.2, 0) is 11.2 Å². The molecule has 0 spiro atoms. The fourth-order valence-electron chi connectivity index (χ4n) is 3.27. The minimum absolute atomic E-state index is 0.102. The van der Waals surface area contributed by atoms with E-state index < -0.39 is 0 Å². The first-order chi connectivity index (χ1) is 12.0. The van der Waals surface area contributed by atoms with Gasteiger partial charge in [-0.05, 0) is 43.7 Å². The fraction of sp³-hybridized carbons (Fsp3) is 0.421. The van der Waals surface area contributed by atoms with Crippen LogP contribution in [0.2, 0.25) is 0 Å². The first kappa shape index (κ1) is 17.7. The van der Waals surface area contributed by atoms with E-state index in [0.29, 0.717) is 12.2 Å². The summed E-state index contributed by atoms with van der Waals surface area (Å²) >= 11 is 1.70. The third kappa shape index (κ3) is 4.51. The Kier molecular flexibility index (Phi) is 5.58. The molecule has 0 atom stereocenters. The van der Waals surface area contributed by atoms with Crippen LogP contribution in [0, 0.1) is 6.92 Å². The van der Waals surface area contributed by atoms with Crippen molar-refractivity contribution in [3.05, 3.63) is 57.8 Å². The Labute approximate surface area is 151 Å². The van der Waals surface area contributed by atoms with Gasteiger partial charge < -0.3 is 9.88 Å². The van der Waals surface area contributed by atoms with Crippen LogP contribution in [-0.4, -0.2) is 40.1 Å². The molecule has 1 saturated heterocycles. The third-order valence-corrected chi connectivity index (χ3v) is 5.40. The smallest absolute Gasteiger partial charge is 0.251 e. The first-order valence-corrected chi connectivity index (χ1v) is 9.76. The van der Waals surface area contributed by atoms with Crippen LogP contribution in [0.3, 0.4) is 0 Å². The number of benzene rings is 1. The Morgan fingerprint density at radius 1 is 1.28 bits per heavy atom. The summed E-state index contributed by atoms with van der Waals surface area (Å²) in [5.74, 6) is 1.08. The number of carbonyl (C=O) groups excluding carboxylic acids is 1. The van der Waals surface area contributed by atoms with Crippen molar-refractivity contribution < 1.29 is 4.79 Å². The largest absolute Gasteiger partial charge is 0.342 e. The minimum atomic E-state index is -0.102. The Bertz CT molecular complexity index is 793. The summed E-state index contributed by atoms with van der Waals surface area (Å²) in [5, 5.41) is 0. The number of aromatic nitrogens is 2. The molecule has 0 unspecified atom stereocenters. The van der Waals surface area contributed by atoms with E-state index in [0.717, 1.165) is 37.2 Å². The SMILES string of the molecule is CSc1ccc(CC(=O)N2CCC(c3cc(=O)[nH]c(C)n3)CC2)cc1.